The zero-order valence-corrected chi connectivity index (χ0v) is 15.3. The van der Waals surface area contributed by atoms with Crippen molar-refractivity contribution in [1.82, 2.24) is 19.6 Å². The van der Waals surface area contributed by atoms with Crippen LogP contribution in [-0.4, -0.2) is 39.2 Å². The number of aryl methyl sites for hydroxylation is 1. The summed E-state index contributed by atoms with van der Waals surface area (Å²) in [5.41, 5.74) is 3.20. The molecule has 1 aliphatic rings. The van der Waals surface area contributed by atoms with Crippen LogP contribution in [0.4, 0.5) is 0 Å². The highest BCUT2D eigenvalue weighted by Gasteiger charge is 2.26. The van der Waals surface area contributed by atoms with E-state index in [2.05, 4.69) is 10.3 Å². The zero-order valence-electron chi connectivity index (χ0n) is 15.3. The Morgan fingerprint density at radius 2 is 1.81 bits per heavy atom. The first-order chi connectivity index (χ1) is 13.1. The van der Waals surface area contributed by atoms with Crippen LogP contribution in [0.5, 0.6) is 0 Å². The van der Waals surface area contributed by atoms with Crippen LogP contribution < -0.4 is 5.32 Å². The maximum atomic E-state index is 12.8. The standard InChI is InChI=1S/C21H22N4O2/c1-15-7-9-16(10-8-15)14-22-20(26)19-23-18(17-6-2-3-13-25(17)19)21(27)24-11-4-5-12-24/h2-3,6-10,13H,4-5,11-12,14H2,1H3,(H,22,26). The van der Waals surface area contributed by atoms with Gasteiger partial charge in [-0.2, -0.15) is 0 Å². The van der Waals surface area contributed by atoms with Crippen LogP contribution in [0.3, 0.4) is 0 Å². The second-order valence-electron chi connectivity index (χ2n) is 6.91. The van der Waals surface area contributed by atoms with E-state index in [0.29, 0.717) is 17.8 Å². The van der Waals surface area contributed by atoms with Gasteiger partial charge in [-0.1, -0.05) is 35.9 Å². The number of hydrogen-bond donors (Lipinski definition) is 1. The lowest BCUT2D eigenvalue weighted by Crippen LogP contribution is -2.28. The Morgan fingerprint density at radius 1 is 1.07 bits per heavy atom. The number of hydrogen-bond acceptors (Lipinski definition) is 3. The lowest BCUT2D eigenvalue weighted by atomic mass is 10.1. The number of nitrogens with one attached hydrogen (secondary N) is 1. The van der Waals surface area contributed by atoms with Gasteiger partial charge < -0.3 is 10.2 Å². The molecular formula is C21H22N4O2. The van der Waals surface area contributed by atoms with Crippen LogP contribution in [0.15, 0.2) is 48.7 Å². The molecule has 3 aromatic rings. The Labute approximate surface area is 157 Å². The SMILES string of the molecule is Cc1ccc(CNC(=O)c2nc(C(=O)N3CCCC3)c3ccccn23)cc1. The number of imidazole rings is 1. The predicted octanol–water partition coefficient (Wildman–Crippen LogP) is 2.81. The van der Waals surface area contributed by atoms with Gasteiger partial charge in [0.15, 0.2) is 5.69 Å². The first-order valence-corrected chi connectivity index (χ1v) is 9.23. The summed E-state index contributed by atoms with van der Waals surface area (Å²) in [4.78, 5) is 31.8. The maximum absolute atomic E-state index is 12.8. The third kappa shape index (κ3) is 3.43. The van der Waals surface area contributed by atoms with Gasteiger partial charge in [0, 0.05) is 25.8 Å². The van der Waals surface area contributed by atoms with E-state index in [9.17, 15) is 9.59 Å². The minimum absolute atomic E-state index is 0.103. The van der Waals surface area contributed by atoms with Gasteiger partial charge in [0.05, 0.1) is 5.52 Å². The molecule has 0 atom stereocenters. The highest BCUT2D eigenvalue weighted by Crippen LogP contribution is 2.18. The fourth-order valence-electron chi connectivity index (χ4n) is 3.39. The molecule has 2 amide bonds. The highest BCUT2D eigenvalue weighted by atomic mass is 16.2. The molecule has 0 aliphatic carbocycles. The summed E-state index contributed by atoms with van der Waals surface area (Å²) in [6, 6.07) is 13.5. The van der Waals surface area contributed by atoms with Gasteiger partial charge in [0.25, 0.3) is 11.8 Å². The van der Waals surface area contributed by atoms with E-state index in [1.807, 2.05) is 54.3 Å². The molecule has 6 heteroatoms. The summed E-state index contributed by atoms with van der Waals surface area (Å²) in [5.74, 6) is -0.161. The molecular weight excluding hydrogens is 340 g/mol. The molecule has 4 rings (SSSR count). The number of aromatic nitrogens is 2. The zero-order chi connectivity index (χ0) is 18.8. The molecule has 6 nitrogen and oxygen atoms in total. The molecule has 0 saturated carbocycles. The fraction of sp³-hybridized carbons (Fsp3) is 0.286. The normalized spacial score (nSPS) is 13.9. The Kier molecular flexibility index (Phi) is 4.62. The summed E-state index contributed by atoms with van der Waals surface area (Å²) < 4.78 is 1.69. The van der Waals surface area contributed by atoms with Gasteiger partial charge in [-0.3, -0.25) is 14.0 Å². The molecule has 3 heterocycles. The molecule has 0 radical (unpaired) electrons. The van der Waals surface area contributed by atoms with E-state index in [0.717, 1.165) is 31.5 Å². The van der Waals surface area contributed by atoms with Crippen LogP contribution in [0.2, 0.25) is 0 Å². The first kappa shape index (κ1) is 17.3. The minimum atomic E-state index is -0.294. The molecule has 27 heavy (non-hydrogen) atoms. The first-order valence-electron chi connectivity index (χ1n) is 9.23. The number of likely N-dealkylation sites (tertiary alicyclic amines) is 1. The van der Waals surface area contributed by atoms with Crippen LogP contribution in [0.25, 0.3) is 5.52 Å². The Hall–Kier alpha value is -3.15. The predicted molar refractivity (Wildman–Crippen MR) is 103 cm³/mol. The number of fused-ring (bicyclic) bond motifs is 1. The summed E-state index contributed by atoms with van der Waals surface area (Å²) in [6.07, 6.45) is 3.80. The number of amides is 2. The van der Waals surface area contributed by atoms with Crippen molar-refractivity contribution < 1.29 is 9.59 Å². The molecule has 1 aromatic carbocycles. The number of rotatable bonds is 4. The number of carbonyl (C=O) groups excluding carboxylic acids is 2. The number of nitrogens with zero attached hydrogens (tertiary/aromatic N) is 3. The van der Waals surface area contributed by atoms with E-state index in [1.54, 1.807) is 10.6 Å². The lowest BCUT2D eigenvalue weighted by Gasteiger charge is -2.13. The molecule has 1 fully saturated rings. The van der Waals surface area contributed by atoms with Crippen LogP contribution in [-0.2, 0) is 6.54 Å². The van der Waals surface area contributed by atoms with Crippen molar-refractivity contribution in [2.45, 2.75) is 26.3 Å². The van der Waals surface area contributed by atoms with Crippen LogP contribution >= 0.6 is 0 Å². The molecule has 0 unspecified atom stereocenters. The largest absolute Gasteiger partial charge is 0.345 e. The van der Waals surface area contributed by atoms with E-state index in [1.165, 1.54) is 5.56 Å². The topological polar surface area (TPSA) is 66.7 Å². The van der Waals surface area contributed by atoms with Gasteiger partial charge in [-0.25, -0.2) is 4.98 Å². The van der Waals surface area contributed by atoms with Gasteiger partial charge in [-0.05, 0) is 37.5 Å². The number of benzene rings is 1. The van der Waals surface area contributed by atoms with Gasteiger partial charge in [0.1, 0.15) is 0 Å². The van der Waals surface area contributed by atoms with Crippen molar-refractivity contribution in [2.75, 3.05) is 13.1 Å². The van der Waals surface area contributed by atoms with Crippen molar-refractivity contribution in [3.8, 4) is 0 Å². The van der Waals surface area contributed by atoms with Crippen molar-refractivity contribution in [3.05, 3.63) is 71.3 Å². The van der Waals surface area contributed by atoms with E-state index in [4.69, 9.17) is 0 Å². The Bertz CT molecular complexity index is 985. The van der Waals surface area contributed by atoms with E-state index < -0.39 is 0 Å². The molecule has 2 aromatic heterocycles. The smallest absolute Gasteiger partial charge is 0.287 e. The average molecular weight is 362 g/mol. The summed E-state index contributed by atoms with van der Waals surface area (Å²) in [7, 11) is 0. The summed E-state index contributed by atoms with van der Waals surface area (Å²) in [5, 5.41) is 2.90. The average Bonchev–Trinajstić information content (AvgIpc) is 3.35. The second kappa shape index (κ2) is 7.23. The minimum Gasteiger partial charge on any atom is -0.345 e. The van der Waals surface area contributed by atoms with Gasteiger partial charge >= 0.3 is 0 Å². The second-order valence-corrected chi connectivity index (χ2v) is 6.91. The number of carbonyl (C=O) groups is 2. The number of pyridine rings is 1. The Morgan fingerprint density at radius 3 is 2.56 bits per heavy atom. The van der Waals surface area contributed by atoms with Crippen LogP contribution in [0.1, 0.15) is 45.1 Å². The van der Waals surface area contributed by atoms with Crippen molar-refractivity contribution in [3.63, 3.8) is 0 Å². The van der Waals surface area contributed by atoms with E-state index in [-0.39, 0.29) is 17.6 Å². The Balaban J connectivity index is 1.60. The van der Waals surface area contributed by atoms with E-state index >= 15 is 0 Å². The molecule has 0 spiro atoms. The summed E-state index contributed by atoms with van der Waals surface area (Å²) >= 11 is 0. The molecule has 1 N–H and O–H groups in total. The molecule has 1 saturated heterocycles. The van der Waals surface area contributed by atoms with Crippen molar-refractivity contribution in [2.24, 2.45) is 0 Å². The molecule has 1 aliphatic heterocycles. The fourth-order valence-corrected chi connectivity index (χ4v) is 3.39. The quantitative estimate of drug-likeness (QED) is 0.776. The van der Waals surface area contributed by atoms with Gasteiger partial charge in [0.2, 0.25) is 5.82 Å². The third-order valence-corrected chi connectivity index (χ3v) is 4.92. The lowest BCUT2D eigenvalue weighted by molar-refractivity contribution is 0.0789. The monoisotopic (exact) mass is 362 g/mol. The summed E-state index contributed by atoms with van der Waals surface area (Å²) in [6.45, 7) is 3.94. The van der Waals surface area contributed by atoms with Gasteiger partial charge in [-0.15, -0.1) is 0 Å². The highest BCUT2D eigenvalue weighted by molar-refractivity contribution is 6.02. The maximum Gasteiger partial charge on any atom is 0.287 e. The molecule has 138 valence electrons. The van der Waals surface area contributed by atoms with Crippen molar-refractivity contribution >= 4 is 17.3 Å². The van der Waals surface area contributed by atoms with Crippen molar-refractivity contribution in [1.29, 1.82) is 0 Å². The molecule has 0 bridgehead atoms. The third-order valence-electron chi connectivity index (χ3n) is 4.92. The van der Waals surface area contributed by atoms with Crippen LogP contribution in [0, 0.1) is 6.92 Å².